The van der Waals surface area contributed by atoms with Crippen LogP contribution in [0, 0.1) is 11.8 Å². The van der Waals surface area contributed by atoms with Gasteiger partial charge in [-0.05, 0) is 66.5 Å². The van der Waals surface area contributed by atoms with Crippen LogP contribution in [0.15, 0.2) is 48.5 Å². The van der Waals surface area contributed by atoms with Crippen LogP contribution in [0.3, 0.4) is 0 Å². The molecule has 1 unspecified atom stereocenters. The predicted octanol–water partition coefficient (Wildman–Crippen LogP) is 3.48. The van der Waals surface area contributed by atoms with E-state index in [0.717, 1.165) is 56.0 Å². The summed E-state index contributed by atoms with van der Waals surface area (Å²) in [4.78, 5) is 2.56. The first-order valence-electron chi connectivity index (χ1n) is 9.82. The Balaban J connectivity index is 1.35. The van der Waals surface area contributed by atoms with Gasteiger partial charge < -0.3 is 19.5 Å². The zero-order valence-corrected chi connectivity index (χ0v) is 16.2. The maximum Gasteiger partial charge on any atom is 0.119 e. The van der Waals surface area contributed by atoms with Crippen LogP contribution in [-0.2, 0) is 12.0 Å². The van der Waals surface area contributed by atoms with Crippen LogP contribution in [0.2, 0.25) is 0 Å². The average Bonchev–Trinajstić information content (AvgIpc) is 3.22. The first kappa shape index (κ1) is 18.3. The summed E-state index contributed by atoms with van der Waals surface area (Å²) in [5, 5.41) is 11.3. The van der Waals surface area contributed by atoms with E-state index in [1.807, 2.05) is 30.3 Å². The van der Waals surface area contributed by atoms with Gasteiger partial charge in [0, 0.05) is 19.6 Å². The first-order chi connectivity index (χ1) is 13.1. The smallest absolute Gasteiger partial charge is 0.119 e. The Morgan fingerprint density at radius 2 is 1.59 bits per heavy atom. The van der Waals surface area contributed by atoms with Crippen molar-refractivity contribution in [3.63, 3.8) is 0 Å². The number of benzene rings is 2. The van der Waals surface area contributed by atoms with Crippen molar-refractivity contribution in [2.24, 2.45) is 11.8 Å². The quantitative estimate of drug-likeness (QED) is 0.849. The van der Waals surface area contributed by atoms with Crippen LogP contribution in [0.25, 0.3) is 0 Å². The van der Waals surface area contributed by atoms with Crippen LogP contribution in [0.5, 0.6) is 11.5 Å². The largest absolute Gasteiger partial charge is 0.497 e. The lowest BCUT2D eigenvalue weighted by Crippen LogP contribution is -2.29. The molecule has 1 aliphatic carbocycles. The number of methoxy groups -OCH3 is 2. The summed E-state index contributed by atoms with van der Waals surface area (Å²) in [5.41, 5.74) is 1.61. The minimum absolute atomic E-state index is 0.575. The Bertz CT molecular complexity index is 777. The highest BCUT2D eigenvalue weighted by atomic mass is 16.5. The molecule has 4 rings (SSSR count). The Morgan fingerprint density at radius 3 is 2.26 bits per heavy atom. The van der Waals surface area contributed by atoms with Gasteiger partial charge in [0.05, 0.1) is 19.8 Å². The van der Waals surface area contributed by atoms with E-state index < -0.39 is 5.60 Å². The number of aliphatic hydroxyl groups is 1. The second kappa shape index (κ2) is 7.53. The Hall–Kier alpha value is -2.04. The molecule has 4 nitrogen and oxygen atoms in total. The molecule has 1 saturated carbocycles. The number of rotatable bonds is 6. The van der Waals surface area contributed by atoms with Crippen molar-refractivity contribution >= 4 is 0 Å². The van der Waals surface area contributed by atoms with Crippen molar-refractivity contribution in [3.8, 4) is 11.5 Å². The fraction of sp³-hybridized carbons (Fsp3) is 0.478. The van der Waals surface area contributed by atoms with E-state index in [1.165, 1.54) is 5.56 Å². The Labute approximate surface area is 161 Å². The third-order valence-corrected chi connectivity index (χ3v) is 6.31. The molecule has 0 aromatic heterocycles. The van der Waals surface area contributed by atoms with E-state index in [2.05, 4.69) is 23.1 Å². The molecule has 1 saturated heterocycles. The van der Waals surface area contributed by atoms with Crippen molar-refractivity contribution < 1.29 is 14.6 Å². The van der Waals surface area contributed by atoms with Crippen molar-refractivity contribution in [3.05, 3.63) is 59.7 Å². The first-order valence-corrected chi connectivity index (χ1v) is 9.82. The molecular formula is C23H29NO3. The van der Waals surface area contributed by atoms with Crippen molar-refractivity contribution in [1.29, 1.82) is 0 Å². The van der Waals surface area contributed by atoms with E-state index in [1.54, 1.807) is 14.2 Å². The molecule has 2 aromatic carbocycles. The molecule has 1 heterocycles. The molecule has 0 bridgehead atoms. The minimum Gasteiger partial charge on any atom is -0.497 e. The summed E-state index contributed by atoms with van der Waals surface area (Å²) < 4.78 is 10.7. The Morgan fingerprint density at radius 1 is 0.963 bits per heavy atom. The monoisotopic (exact) mass is 367 g/mol. The zero-order valence-electron chi connectivity index (χ0n) is 16.2. The molecular weight excluding hydrogens is 338 g/mol. The molecule has 0 radical (unpaired) electrons. The molecule has 2 fully saturated rings. The van der Waals surface area contributed by atoms with Crippen molar-refractivity contribution in [1.82, 2.24) is 4.90 Å². The van der Waals surface area contributed by atoms with E-state index in [4.69, 9.17) is 9.47 Å². The lowest BCUT2D eigenvalue weighted by Gasteiger charge is -2.26. The van der Waals surface area contributed by atoms with E-state index >= 15 is 0 Å². The van der Waals surface area contributed by atoms with Crippen LogP contribution >= 0.6 is 0 Å². The molecule has 3 atom stereocenters. The summed E-state index contributed by atoms with van der Waals surface area (Å²) in [6, 6.07) is 16.3. The van der Waals surface area contributed by atoms with Gasteiger partial charge in [0.1, 0.15) is 11.5 Å². The molecule has 2 aliphatic rings. The summed E-state index contributed by atoms with van der Waals surface area (Å²) >= 11 is 0. The average molecular weight is 367 g/mol. The normalized spacial score (nSPS) is 27.5. The highest BCUT2D eigenvalue weighted by Gasteiger charge is 2.48. The molecule has 0 amide bonds. The lowest BCUT2D eigenvalue weighted by atomic mass is 9.90. The SMILES string of the molecule is COc1cccc(CCN2C[C@@H]3CC(O)(c4cccc(OC)c4)C[C@@H]3C2)c1. The van der Waals surface area contributed by atoms with E-state index in [-0.39, 0.29) is 0 Å². The Kier molecular flexibility index (Phi) is 5.11. The van der Waals surface area contributed by atoms with Gasteiger partial charge in [-0.1, -0.05) is 24.3 Å². The molecule has 2 aromatic rings. The van der Waals surface area contributed by atoms with Gasteiger partial charge in [0.25, 0.3) is 0 Å². The van der Waals surface area contributed by atoms with Gasteiger partial charge in [0.15, 0.2) is 0 Å². The number of ether oxygens (including phenoxy) is 2. The fourth-order valence-corrected chi connectivity index (χ4v) is 4.90. The third kappa shape index (κ3) is 3.83. The standard InChI is InChI=1S/C23H29NO3/c1-26-21-7-3-5-17(11-21)9-10-24-15-18-13-23(25,14-19(18)16-24)20-6-4-8-22(12-20)27-2/h3-8,11-12,18-19,25H,9-10,13-16H2,1-2H3/t18-,19+,23?. The zero-order chi connectivity index (χ0) is 18.9. The number of nitrogens with zero attached hydrogens (tertiary/aromatic N) is 1. The van der Waals surface area contributed by atoms with Gasteiger partial charge in [-0.15, -0.1) is 0 Å². The number of hydrogen-bond donors (Lipinski definition) is 1. The fourth-order valence-electron chi connectivity index (χ4n) is 4.90. The summed E-state index contributed by atoms with van der Waals surface area (Å²) in [6.45, 7) is 3.24. The molecule has 0 spiro atoms. The molecule has 144 valence electrons. The third-order valence-electron chi connectivity index (χ3n) is 6.31. The van der Waals surface area contributed by atoms with Gasteiger partial charge in [-0.3, -0.25) is 0 Å². The van der Waals surface area contributed by atoms with E-state index in [0.29, 0.717) is 11.8 Å². The van der Waals surface area contributed by atoms with Gasteiger partial charge in [-0.2, -0.15) is 0 Å². The topological polar surface area (TPSA) is 41.9 Å². The molecule has 27 heavy (non-hydrogen) atoms. The van der Waals surface area contributed by atoms with Crippen LogP contribution in [-0.4, -0.2) is 43.9 Å². The van der Waals surface area contributed by atoms with Crippen molar-refractivity contribution in [2.75, 3.05) is 33.9 Å². The molecule has 1 N–H and O–H groups in total. The van der Waals surface area contributed by atoms with Crippen LogP contribution in [0.1, 0.15) is 24.0 Å². The summed E-state index contributed by atoms with van der Waals surface area (Å²) in [6.07, 6.45) is 2.73. The van der Waals surface area contributed by atoms with Crippen LogP contribution < -0.4 is 9.47 Å². The number of likely N-dealkylation sites (tertiary alicyclic amines) is 1. The second-order valence-corrected chi connectivity index (χ2v) is 8.05. The highest BCUT2D eigenvalue weighted by molar-refractivity contribution is 5.33. The number of hydrogen-bond acceptors (Lipinski definition) is 4. The summed E-state index contributed by atoms with van der Waals surface area (Å²) in [5.74, 6) is 2.89. The van der Waals surface area contributed by atoms with Gasteiger partial charge in [-0.25, -0.2) is 0 Å². The second-order valence-electron chi connectivity index (χ2n) is 8.05. The number of fused-ring (bicyclic) bond motifs is 1. The molecule has 1 aliphatic heterocycles. The summed E-state index contributed by atoms with van der Waals surface area (Å²) in [7, 11) is 3.39. The maximum absolute atomic E-state index is 11.3. The maximum atomic E-state index is 11.3. The van der Waals surface area contributed by atoms with E-state index in [9.17, 15) is 5.11 Å². The lowest BCUT2D eigenvalue weighted by molar-refractivity contribution is 0.0312. The van der Waals surface area contributed by atoms with Gasteiger partial charge in [0.2, 0.25) is 0 Å². The minimum atomic E-state index is -0.706. The molecule has 4 heteroatoms. The van der Waals surface area contributed by atoms with Crippen LogP contribution in [0.4, 0.5) is 0 Å². The predicted molar refractivity (Wildman–Crippen MR) is 106 cm³/mol. The van der Waals surface area contributed by atoms with Crippen molar-refractivity contribution in [2.45, 2.75) is 24.9 Å². The van der Waals surface area contributed by atoms with Gasteiger partial charge >= 0.3 is 0 Å². The highest BCUT2D eigenvalue weighted by Crippen LogP contribution is 2.49.